The lowest BCUT2D eigenvalue weighted by atomic mass is 10.0. The molecule has 1 nitrogen and oxygen atoms in total. The Morgan fingerprint density at radius 3 is 2.00 bits per heavy atom. The van der Waals surface area contributed by atoms with Crippen LogP contribution >= 0.6 is 0 Å². The predicted octanol–water partition coefficient (Wildman–Crippen LogP) is 4.14. The van der Waals surface area contributed by atoms with E-state index in [4.69, 9.17) is 0 Å². The number of hydrogen-bond donors (Lipinski definition) is 0. The van der Waals surface area contributed by atoms with Crippen molar-refractivity contribution in [1.82, 2.24) is 4.57 Å². The molecule has 0 bridgehead atoms. The molecule has 3 aromatic rings. The summed E-state index contributed by atoms with van der Waals surface area (Å²) >= 11 is 0. The van der Waals surface area contributed by atoms with E-state index in [-0.39, 0.29) is 0 Å². The summed E-state index contributed by atoms with van der Waals surface area (Å²) < 4.78 is 2.14. The van der Waals surface area contributed by atoms with Crippen molar-refractivity contribution in [2.45, 2.75) is 0 Å². The van der Waals surface area contributed by atoms with Crippen molar-refractivity contribution in [2.75, 3.05) is 0 Å². The monoisotopic (exact) mass is 219 g/mol. The van der Waals surface area contributed by atoms with Gasteiger partial charge >= 0.3 is 0 Å². The Morgan fingerprint density at radius 1 is 0.588 bits per heavy atom. The van der Waals surface area contributed by atoms with Crippen molar-refractivity contribution in [3.05, 3.63) is 79.1 Å². The number of rotatable bonds is 2. The summed E-state index contributed by atoms with van der Waals surface area (Å²) in [6, 6.07) is 23.0. The highest BCUT2D eigenvalue weighted by atomic mass is 14.9. The molecule has 0 spiro atoms. The van der Waals surface area contributed by atoms with Crippen molar-refractivity contribution in [3.8, 4) is 16.8 Å². The molecule has 0 unspecified atom stereocenters. The van der Waals surface area contributed by atoms with Crippen molar-refractivity contribution in [2.24, 2.45) is 0 Å². The van der Waals surface area contributed by atoms with E-state index in [2.05, 4.69) is 65.5 Å². The lowest BCUT2D eigenvalue weighted by Crippen LogP contribution is -1.92. The molecule has 0 saturated heterocycles. The number of nitrogens with zero attached hydrogens (tertiary/aromatic N) is 1. The molecule has 0 N–H and O–H groups in total. The normalized spacial score (nSPS) is 10.4. The van der Waals surface area contributed by atoms with Gasteiger partial charge in [0.05, 0.1) is 5.69 Å². The first-order chi connectivity index (χ1) is 8.45. The van der Waals surface area contributed by atoms with E-state index in [1.807, 2.05) is 18.2 Å². The van der Waals surface area contributed by atoms with Crippen LogP contribution in [-0.4, -0.2) is 4.57 Å². The first-order valence-electron chi connectivity index (χ1n) is 5.73. The van der Waals surface area contributed by atoms with Gasteiger partial charge < -0.3 is 4.57 Å². The highest BCUT2D eigenvalue weighted by Crippen LogP contribution is 2.26. The SMILES string of the molecule is c1ccc(-c2ccccc2-n2cccc2)cc1. The fourth-order valence-electron chi connectivity index (χ4n) is 2.06. The number of hydrogen-bond acceptors (Lipinski definition) is 0. The summed E-state index contributed by atoms with van der Waals surface area (Å²) in [5.74, 6) is 0. The zero-order valence-electron chi connectivity index (χ0n) is 9.45. The second kappa shape index (κ2) is 4.30. The van der Waals surface area contributed by atoms with Gasteiger partial charge in [-0.25, -0.2) is 0 Å². The maximum atomic E-state index is 2.16. The van der Waals surface area contributed by atoms with Crippen molar-refractivity contribution in [3.63, 3.8) is 0 Å². The molecule has 1 heteroatoms. The minimum Gasteiger partial charge on any atom is -0.323 e. The van der Waals surface area contributed by atoms with Crippen LogP contribution in [0.25, 0.3) is 16.8 Å². The summed E-state index contributed by atoms with van der Waals surface area (Å²) in [5.41, 5.74) is 3.71. The topological polar surface area (TPSA) is 4.93 Å². The molecule has 0 fully saturated rings. The minimum atomic E-state index is 1.21. The maximum Gasteiger partial charge on any atom is 0.0527 e. The molecular formula is C16H13N. The van der Waals surface area contributed by atoms with Gasteiger partial charge in [0.2, 0.25) is 0 Å². The van der Waals surface area contributed by atoms with E-state index < -0.39 is 0 Å². The largest absolute Gasteiger partial charge is 0.323 e. The van der Waals surface area contributed by atoms with E-state index in [0.717, 1.165) is 0 Å². The maximum absolute atomic E-state index is 2.16. The van der Waals surface area contributed by atoms with Gasteiger partial charge in [-0.1, -0.05) is 48.5 Å². The summed E-state index contributed by atoms with van der Waals surface area (Å²) in [6.07, 6.45) is 4.14. The van der Waals surface area contributed by atoms with E-state index in [1.54, 1.807) is 0 Å². The molecule has 2 aromatic carbocycles. The smallest absolute Gasteiger partial charge is 0.0527 e. The van der Waals surface area contributed by atoms with Crippen LogP contribution in [0.4, 0.5) is 0 Å². The number of para-hydroxylation sites is 1. The van der Waals surface area contributed by atoms with E-state index in [0.29, 0.717) is 0 Å². The Morgan fingerprint density at radius 2 is 1.24 bits per heavy atom. The van der Waals surface area contributed by atoms with Crippen molar-refractivity contribution < 1.29 is 0 Å². The quantitative estimate of drug-likeness (QED) is 0.610. The molecule has 0 aliphatic carbocycles. The van der Waals surface area contributed by atoms with Gasteiger partial charge in [0.1, 0.15) is 0 Å². The zero-order valence-corrected chi connectivity index (χ0v) is 9.45. The summed E-state index contributed by atoms with van der Waals surface area (Å²) in [6.45, 7) is 0. The lowest BCUT2D eigenvalue weighted by Gasteiger charge is -2.10. The Kier molecular flexibility index (Phi) is 2.51. The molecule has 0 amide bonds. The third-order valence-corrected chi connectivity index (χ3v) is 2.87. The average molecular weight is 219 g/mol. The highest BCUT2D eigenvalue weighted by molar-refractivity contribution is 5.72. The number of benzene rings is 2. The minimum absolute atomic E-state index is 1.21. The van der Waals surface area contributed by atoms with Crippen LogP contribution < -0.4 is 0 Å². The highest BCUT2D eigenvalue weighted by Gasteiger charge is 2.04. The second-order valence-electron chi connectivity index (χ2n) is 3.97. The molecule has 1 heterocycles. The van der Waals surface area contributed by atoms with Crippen LogP contribution in [0, 0.1) is 0 Å². The molecular weight excluding hydrogens is 206 g/mol. The standard InChI is InChI=1S/C16H13N/c1-2-8-14(9-3-1)15-10-4-5-11-16(15)17-12-6-7-13-17/h1-13H. The fourth-order valence-corrected chi connectivity index (χ4v) is 2.06. The van der Waals surface area contributed by atoms with Crippen molar-refractivity contribution in [1.29, 1.82) is 0 Å². The molecule has 3 rings (SSSR count). The molecule has 17 heavy (non-hydrogen) atoms. The Bertz CT molecular complexity index is 594. The molecule has 0 radical (unpaired) electrons. The van der Waals surface area contributed by atoms with Crippen LogP contribution in [0.1, 0.15) is 0 Å². The predicted molar refractivity (Wildman–Crippen MR) is 71.2 cm³/mol. The molecule has 0 aliphatic rings. The van der Waals surface area contributed by atoms with Gasteiger partial charge in [0, 0.05) is 18.0 Å². The van der Waals surface area contributed by atoms with Gasteiger partial charge in [-0.2, -0.15) is 0 Å². The molecule has 0 saturated carbocycles. The van der Waals surface area contributed by atoms with Gasteiger partial charge in [0.15, 0.2) is 0 Å². The van der Waals surface area contributed by atoms with Crippen LogP contribution in [0.15, 0.2) is 79.1 Å². The lowest BCUT2D eigenvalue weighted by molar-refractivity contribution is 1.08. The summed E-state index contributed by atoms with van der Waals surface area (Å²) in [7, 11) is 0. The third kappa shape index (κ3) is 1.87. The van der Waals surface area contributed by atoms with Gasteiger partial charge in [-0.3, -0.25) is 0 Å². The summed E-state index contributed by atoms with van der Waals surface area (Å²) in [5, 5.41) is 0. The van der Waals surface area contributed by atoms with E-state index >= 15 is 0 Å². The summed E-state index contributed by atoms with van der Waals surface area (Å²) in [4.78, 5) is 0. The van der Waals surface area contributed by atoms with E-state index in [1.165, 1.54) is 16.8 Å². The average Bonchev–Trinajstić information content (AvgIpc) is 2.94. The van der Waals surface area contributed by atoms with Gasteiger partial charge in [0.25, 0.3) is 0 Å². The van der Waals surface area contributed by atoms with Gasteiger partial charge in [-0.15, -0.1) is 0 Å². The Hall–Kier alpha value is -2.28. The number of aromatic nitrogens is 1. The van der Waals surface area contributed by atoms with Crippen molar-refractivity contribution >= 4 is 0 Å². The van der Waals surface area contributed by atoms with Gasteiger partial charge in [-0.05, 0) is 23.8 Å². The second-order valence-corrected chi connectivity index (χ2v) is 3.97. The molecule has 0 aliphatic heterocycles. The molecule has 1 aromatic heterocycles. The Balaban J connectivity index is 2.18. The zero-order chi connectivity index (χ0) is 11.5. The fraction of sp³-hybridized carbons (Fsp3) is 0. The first kappa shape index (κ1) is 9.91. The third-order valence-electron chi connectivity index (χ3n) is 2.87. The van der Waals surface area contributed by atoms with Crippen LogP contribution in [0.3, 0.4) is 0 Å². The Labute approximate surface area is 101 Å². The molecule has 0 atom stereocenters. The van der Waals surface area contributed by atoms with Crippen LogP contribution in [0.2, 0.25) is 0 Å². The van der Waals surface area contributed by atoms with Crippen LogP contribution in [-0.2, 0) is 0 Å². The van der Waals surface area contributed by atoms with E-state index in [9.17, 15) is 0 Å². The molecule has 82 valence electrons. The van der Waals surface area contributed by atoms with Crippen LogP contribution in [0.5, 0.6) is 0 Å². The first-order valence-corrected chi connectivity index (χ1v) is 5.73.